The van der Waals surface area contributed by atoms with Gasteiger partial charge in [0.05, 0.1) is 37.1 Å². The third-order valence-corrected chi connectivity index (χ3v) is 2.83. The Labute approximate surface area is 130 Å². The van der Waals surface area contributed by atoms with Crippen molar-refractivity contribution in [2.75, 3.05) is 26.3 Å². The fourth-order valence-electron chi connectivity index (χ4n) is 1.76. The van der Waals surface area contributed by atoms with Crippen molar-refractivity contribution in [2.45, 2.75) is 12.8 Å². The zero-order valence-corrected chi connectivity index (χ0v) is 12.6. The van der Waals surface area contributed by atoms with Crippen molar-refractivity contribution in [1.29, 1.82) is 0 Å². The van der Waals surface area contributed by atoms with Crippen molar-refractivity contribution in [1.82, 2.24) is 10.6 Å². The van der Waals surface area contributed by atoms with Gasteiger partial charge in [-0.05, 0) is 12.8 Å². The van der Waals surface area contributed by atoms with E-state index in [4.69, 9.17) is 9.47 Å². The molecule has 1 aliphatic rings. The van der Waals surface area contributed by atoms with E-state index >= 15 is 0 Å². The second-order valence-corrected chi connectivity index (χ2v) is 4.48. The van der Waals surface area contributed by atoms with E-state index < -0.39 is 0 Å². The van der Waals surface area contributed by atoms with Crippen LogP contribution in [0.1, 0.15) is 12.8 Å². The first-order valence-electron chi connectivity index (χ1n) is 7.14. The fourth-order valence-corrected chi connectivity index (χ4v) is 1.76. The predicted molar refractivity (Wildman–Crippen MR) is 83.7 cm³/mol. The molecule has 120 valence electrons. The summed E-state index contributed by atoms with van der Waals surface area (Å²) in [6.45, 7) is 9.01. The standard InChI is InChI=1S/C16H22N2O4/c1-3-21-9-5-7-17-13-11-16(20)14(12-15(13)19)18-8-6-10-22-4-2/h3-4,11-12,17-18H,1-2,5-10H2. The molecule has 1 rings (SSSR count). The number of ketones is 2. The van der Waals surface area contributed by atoms with Gasteiger partial charge >= 0.3 is 0 Å². The number of carbonyl (C=O) groups is 2. The molecule has 6 heteroatoms. The molecule has 0 aromatic heterocycles. The number of nitrogens with one attached hydrogen (secondary N) is 2. The molecule has 0 aromatic carbocycles. The minimum absolute atomic E-state index is 0.214. The number of hydrogen-bond acceptors (Lipinski definition) is 6. The normalized spacial score (nSPS) is 13.8. The van der Waals surface area contributed by atoms with E-state index in [9.17, 15) is 9.59 Å². The Bertz CT molecular complexity index is 437. The molecule has 0 bridgehead atoms. The van der Waals surface area contributed by atoms with Crippen LogP contribution in [0.15, 0.2) is 49.2 Å². The second kappa shape index (κ2) is 10.3. The van der Waals surface area contributed by atoms with Gasteiger partial charge in [-0.3, -0.25) is 9.59 Å². The molecule has 22 heavy (non-hydrogen) atoms. The van der Waals surface area contributed by atoms with E-state index in [-0.39, 0.29) is 11.6 Å². The molecule has 0 saturated heterocycles. The summed E-state index contributed by atoms with van der Waals surface area (Å²) >= 11 is 0. The largest absolute Gasteiger partial charge is 0.502 e. The molecular weight excluding hydrogens is 284 g/mol. The maximum absolute atomic E-state index is 11.9. The summed E-state index contributed by atoms with van der Waals surface area (Å²) < 4.78 is 9.95. The highest BCUT2D eigenvalue weighted by atomic mass is 16.5. The van der Waals surface area contributed by atoms with Gasteiger partial charge in [-0.2, -0.15) is 0 Å². The zero-order chi connectivity index (χ0) is 16.2. The summed E-state index contributed by atoms with van der Waals surface area (Å²) in [6.07, 6.45) is 6.80. The van der Waals surface area contributed by atoms with Crippen molar-refractivity contribution in [2.24, 2.45) is 0 Å². The molecule has 0 spiro atoms. The summed E-state index contributed by atoms with van der Waals surface area (Å²) in [5.74, 6) is -0.428. The molecular formula is C16H22N2O4. The highest BCUT2D eigenvalue weighted by molar-refractivity contribution is 6.19. The van der Waals surface area contributed by atoms with Gasteiger partial charge < -0.3 is 20.1 Å². The van der Waals surface area contributed by atoms with Crippen LogP contribution >= 0.6 is 0 Å². The minimum atomic E-state index is -0.214. The van der Waals surface area contributed by atoms with E-state index in [0.717, 1.165) is 0 Å². The Morgan fingerprint density at radius 2 is 1.27 bits per heavy atom. The first kappa shape index (κ1) is 17.6. The molecule has 2 N–H and O–H groups in total. The Morgan fingerprint density at radius 1 is 0.864 bits per heavy atom. The van der Waals surface area contributed by atoms with E-state index in [1.54, 1.807) is 0 Å². The summed E-state index contributed by atoms with van der Waals surface area (Å²) in [4.78, 5) is 23.8. The van der Waals surface area contributed by atoms with Gasteiger partial charge in [0, 0.05) is 25.2 Å². The van der Waals surface area contributed by atoms with Crippen molar-refractivity contribution >= 4 is 11.6 Å². The van der Waals surface area contributed by atoms with Gasteiger partial charge in [-0.25, -0.2) is 0 Å². The van der Waals surface area contributed by atoms with Crippen molar-refractivity contribution in [3.05, 3.63) is 49.2 Å². The Morgan fingerprint density at radius 3 is 1.64 bits per heavy atom. The van der Waals surface area contributed by atoms with E-state index in [1.165, 1.54) is 24.7 Å². The number of ether oxygens (including phenoxy) is 2. The lowest BCUT2D eigenvalue weighted by atomic mass is 10.1. The van der Waals surface area contributed by atoms with Gasteiger partial charge in [0.15, 0.2) is 0 Å². The lowest BCUT2D eigenvalue weighted by Gasteiger charge is -2.15. The zero-order valence-electron chi connectivity index (χ0n) is 12.6. The quantitative estimate of drug-likeness (QED) is 0.320. The van der Waals surface area contributed by atoms with E-state index in [1.807, 2.05) is 0 Å². The molecule has 1 aliphatic carbocycles. The summed E-state index contributed by atoms with van der Waals surface area (Å²) in [5.41, 5.74) is 0.619. The lowest BCUT2D eigenvalue weighted by molar-refractivity contribution is -0.115. The highest BCUT2D eigenvalue weighted by Crippen LogP contribution is 2.08. The van der Waals surface area contributed by atoms with Gasteiger partial charge in [0.2, 0.25) is 11.6 Å². The number of hydrogen-bond donors (Lipinski definition) is 2. The van der Waals surface area contributed by atoms with Gasteiger partial charge in [0.1, 0.15) is 0 Å². The summed E-state index contributed by atoms with van der Waals surface area (Å²) in [7, 11) is 0. The van der Waals surface area contributed by atoms with Crippen LogP contribution in [0.2, 0.25) is 0 Å². The average molecular weight is 306 g/mol. The maximum atomic E-state index is 11.9. The minimum Gasteiger partial charge on any atom is -0.502 e. The van der Waals surface area contributed by atoms with Crippen LogP contribution in [0.3, 0.4) is 0 Å². The molecule has 0 saturated carbocycles. The van der Waals surface area contributed by atoms with Crippen LogP contribution in [0.25, 0.3) is 0 Å². The van der Waals surface area contributed by atoms with Crippen LogP contribution < -0.4 is 10.6 Å². The van der Waals surface area contributed by atoms with Crippen LogP contribution in [0, 0.1) is 0 Å². The first-order chi connectivity index (χ1) is 10.7. The van der Waals surface area contributed by atoms with Crippen LogP contribution in [0.5, 0.6) is 0 Å². The third kappa shape index (κ3) is 6.30. The molecule has 0 aromatic rings. The topological polar surface area (TPSA) is 76.7 Å². The molecule has 0 heterocycles. The third-order valence-electron chi connectivity index (χ3n) is 2.83. The molecule has 0 unspecified atom stereocenters. The Hall–Kier alpha value is -2.50. The molecule has 0 fully saturated rings. The van der Waals surface area contributed by atoms with Crippen molar-refractivity contribution in [3.63, 3.8) is 0 Å². The second-order valence-electron chi connectivity index (χ2n) is 4.48. The highest BCUT2D eigenvalue weighted by Gasteiger charge is 2.19. The number of rotatable bonds is 12. The summed E-state index contributed by atoms with van der Waals surface area (Å²) in [6, 6.07) is 0. The lowest BCUT2D eigenvalue weighted by Crippen LogP contribution is -2.30. The number of allylic oxidation sites excluding steroid dienone is 2. The molecule has 6 nitrogen and oxygen atoms in total. The van der Waals surface area contributed by atoms with Crippen LogP contribution in [-0.4, -0.2) is 37.9 Å². The van der Waals surface area contributed by atoms with Crippen LogP contribution in [0.4, 0.5) is 0 Å². The first-order valence-corrected chi connectivity index (χ1v) is 7.14. The van der Waals surface area contributed by atoms with Gasteiger partial charge in [0.25, 0.3) is 0 Å². The van der Waals surface area contributed by atoms with Gasteiger partial charge in [-0.1, -0.05) is 13.2 Å². The molecule has 0 aliphatic heterocycles. The summed E-state index contributed by atoms with van der Waals surface area (Å²) in [5, 5.41) is 5.88. The fraction of sp³-hybridized carbons (Fsp3) is 0.375. The Balaban J connectivity index is 2.35. The van der Waals surface area contributed by atoms with E-state index in [0.29, 0.717) is 50.5 Å². The van der Waals surface area contributed by atoms with Crippen LogP contribution in [-0.2, 0) is 19.1 Å². The predicted octanol–water partition coefficient (Wildman–Crippen LogP) is 1.19. The molecule has 0 amide bonds. The number of carbonyl (C=O) groups excluding carboxylic acids is 2. The average Bonchev–Trinajstić information content (AvgIpc) is 2.51. The monoisotopic (exact) mass is 306 g/mol. The maximum Gasteiger partial charge on any atom is 0.203 e. The Kier molecular flexibility index (Phi) is 8.18. The van der Waals surface area contributed by atoms with Crippen molar-refractivity contribution < 1.29 is 19.1 Å². The van der Waals surface area contributed by atoms with E-state index in [2.05, 4.69) is 23.8 Å². The molecule has 0 atom stereocenters. The smallest absolute Gasteiger partial charge is 0.203 e. The molecule has 0 radical (unpaired) electrons. The van der Waals surface area contributed by atoms with Gasteiger partial charge in [-0.15, -0.1) is 0 Å². The van der Waals surface area contributed by atoms with Crippen molar-refractivity contribution in [3.8, 4) is 0 Å². The SMILES string of the molecule is C=COCCCNC1=CC(=O)C(NCCCOC=C)=CC1=O.